The van der Waals surface area contributed by atoms with E-state index in [9.17, 15) is 8.78 Å². The average molecular weight is 262 g/mol. The molecule has 0 aliphatic carbocycles. The van der Waals surface area contributed by atoms with Gasteiger partial charge in [0.25, 0.3) is 0 Å². The normalized spacial score (nSPS) is 12.2. The summed E-state index contributed by atoms with van der Waals surface area (Å²) in [5, 5.41) is 0. The van der Waals surface area contributed by atoms with Gasteiger partial charge >= 0.3 is 0 Å². The van der Waals surface area contributed by atoms with Crippen LogP contribution in [0.5, 0.6) is 0 Å². The lowest BCUT2D eigenvalue weighted by Gasteiger charge is -2.29. The van der Waals surface area contributed by atoms with Gasteiger partial charge in [-0.1, -0.05) is 12.1 Å². The van der Waals surface area contributed by atoms with E-state index in [-0.39, 0.29) is 17.7 Å². The highest BCUT2D eigenvalue weighted by Gasteiger charge is 2.16. The Balaban J connectivity index is 2.28. The Morgan fingerprint density at radius 1 is 1.05 bits per heavy atom. The van der Waals surface area contributed by atoms with Crippen molar-refractivity contribution in [2.24, 2.45) is 5.73 Å². The van der Waals surface area contributed by atoms with Crippen LogP contribution in [0.1, 0.15) is 11.6 Å². The molecule has 0 fully saturated rings. The van der Waals surface area contributed by atoms with Crippen molar-refractivity contribution in [1.82, 2.24) is 0 Å². The van der Waals surface area contributed by atoms with Crippen molar-refractivity contribution in [2.45, 2.75) is 6.04 Å². The number of halogens is 2. The maximum Gasteiger partial charge on any atom is 0.123 e. The molecule has 2 aromatic carbocycles. The van der Waals surface area contributed by atoms with Crippen molar-refractivity contribution < 1.29 is 8.78 Å². The molecule has 0 bridgehead atoms. The molecule has 0 spiro atoms. The maximum atomic E-state index is 13.3. The predicted octanol–water partition coefficient (Wildman–Crippen LogP) is 3.10. The molecule has 0 heterocycles. The van der Waals surface area contributed by atoms with Gasteiger partial charge in [0, 0.05) is 19.3 Å². The maximum absolute atomic E-state index is 13.3. The Labute approximate surface area is 111 Å². The molecule has 2 rings (SSSR count). The zero-order valence-corrected chi connectivity index (χ0v) is 10.7. The predicted molar refractivity (Wildman–Crippen MR) is 73.0 cm³/mol. The molecule has 19 heavy (non-hydrogen) atoms. The van der Waals surface area contributed by atoms with E-state index in [2.05, 4.69) is 0 Å². The van der Waals surface area contributed by atoms with Gasteiger partial charge in [-0.05, 0) is 42.0 Å². The van der Waals surface area contributed by atoms with Crippen LogP contribution in [-0.2, 0) is 0 Å². The van der Waals surface area contributed by atoms with Gasteiger partial charge in [0.2, 0.25) is 0 Å². The number of nitrogens with two attached hydrogens (primary N) is 1. The van der Waals surface area contributed by atoms with E-state index in [1.807, 2.05) is 18.0 Å². The molecular formula is C15H16F2N2. The monoisotopic (exact) mass is 262 g/mol. The summed E-state index contributed by atoms with van der Waals surface area (Å²) in [6.07, 6.45) is 0. The van der Waals surface area contributed by atoms with Gasteiger partial charge < -0.3 is 10.6 Å². The summed E-state index contributed by atoms with van der Waals surface area (Å²) in [7, 11) is 1.86. The van der Waals surface area contributed by atoms with E-state index in [4.69, 9.17) is 5.73 Å². The number of anilines is 1. The first-order valence-electron chi connectivity index (χ1n) is 6.05. The summed E-state index contributed by atoms with van der Waals surface area (Å²) in [4.78, 5) is 1.91. The van der Waals surface area contributed by atoms with Crippen LogP contribution in [0.15, 0.2) is 48.5 Å². The molecule has 1 atom stereocenters. The molecule has 2 nitrogen and oxygen atoms in total. The minimum Gasteiger partial charge on any atom is -0.366 e. The van der Waals surface area contributed by atoms with E-state index in [0.29, 0.717) is 6.54 Å². The number of hydrogen-bond donors (Lipinski definition) is 1. The minimum atomic E-state index is -0.288. The number of rotatable bonds is 4. The summed E-state index contributed by atoms with van der Waals surface area (Å²) < 4.78 is 26.2. The fourth-order valence-corrected chi connectivity index (χ4v) is 2.09. The van der Waals surface area contributed by atoms with Crippen LogP contribution in [0.25, 0.3) is 0 Å². The second kappa shape index (κ2) is 5.80. The van der Waals surface area contributed by atoms with Crippen molar-refractivity contribution in [1.29, 1.82) is 0 Å². The Morgan fingerprint density at radius 2 is 1.74 bits per heavy atom. The summed E-state index contributed by atoms with van der Waals surface area (Å²) in [5.41, 5.74) is 7.42. The van der Waals surface area contributed by atoms with Crippen LogP contribution in [-0.4, -0.2) is 13.6 Å². The third-order valence-corrected chi connectivity index (χ3v) is 3.16. The fraction of sp³-hybridized carbons (Fsp3) is 0.200. The molecule has 0 saturated heterocycles. The lowest BCUT2D eigenvalue weighted by molar-refractivity contribution is 0.614. The zero-order valence-electron chi connectivity index (χ0n) is 10.7. The zero-order chi connectivity index (χ0) is 13.8. The Kier molecular flexibility index (Phi) is 4.12. The highest BCUT2D eigenvalue weighted by atomic mass is 19.1. The van der Waals surface area contributed by atoms with Gasteiger partial charge in [-0.2, -0.15) is 0 Å². The van der Waals surface area contributed by atoms with Gasteiger partial charge in [-0.25, -0.2) is 8.78 Å². The molecule has 0 aliphatic rings. The second-order valence-electron chi connectivity index (χ2n) is 4.39. The molecule has 1 unspecified atom stereocenters. The molecule has 2 aromatic rings. The van der Waals surface area contributed by atoms with E-state index in [1.54, 1.807) is 18.2 Å². The van der Waals surface area contributed by atoms with Crippen molar-refractivity contribution in [2.75, 3.05) is 18.5 Å². The molecule has 0 aromatic heterocycles. The van der Waals surface area contributed by atoms with E-state index < -0.39 is 0 Å². The topological polar surface area (TPSA) is 29.3 Å². The van der Waals surface area contributed by atoms with Crippen LogP contribution in [0.3, 0.4) is 0 Å². The highest BCUT2D eigenvalue weighted by Crippen LogP contribution is 2.25. The quantitative estimate of drug-likeness (QED) is 0.917. The van der Waals surface area contributed by atoms with Gasteiger partial charge in [0.15, 0.2) is 0 Å². The van der Waals surface area contributed by atoms with Crippen molar-refractivity contribution in [3.63, 3.8) is 0 Å². The Hall–Kier alpha value is -1.94. The third-order valence-electron chi connectivity index (χ3n) is 3.16. The largest absolute Gasteiger partial charge is 0.366 e. The number of nitrogens with zero attached hydrogens (tertiary/aromatic N) is 1. The van der Waals surface area contributed by atoms with Crippen molar-refractivity contribution >= 4 is 5.69 Å². The van der Waals surface area contributed by atoms with Gasteiger partial charge in [0.05, 0.1) is 6.04 Å². The minimum absolute atomic E-state index is 0.152. The highest BCUT2D eigenvalue weighted by molar-refractivity contribution is 5.48. The summed E-state index contributed by atoms with van der Waals surface area (Å²) in [6.45, 7) is 0.345. The average Bonchev–Trinajstić information content (AvgIpc) is 2.40. The van der Waals surface area contributed by atoms with Crippen LogP contribution in [0.2, 0.25) is 0 Å². The van der Waals surface area contributed by atoms with Crippen molar-refractivity contribution in [3.8, 4) is 0 Å². The SMILES string of the molecule is CN(c1ccc(F)cc1)C(CN)c1cccc(F)c1. The van der Waals surface area contributed by atoms with Gasteiger partial charge in [-0.3, -0.25) is 0 Å². The van der Waals surface area contributed by atoms with Crippen LogP contribution in [0.4, 0.5) is 14.5 Å². The fourth-order valence-electron chi connectivity index (χ4n) is 2.09. The summed E-state index contributed by atoms with van der Waals surface area (Å²) in [6, 6.07) is 12.4. The molecule has 0 aliphatic heterocycles. The van der Waals surface area contributed by atoms with Crippen LogP contribution < -0.4 is 10.6 Å². The van der Waals surface area contributed by atoms with Crippen molar-refractivity contribution in [3.05, 3.63) is 65.7 Å². The third kappa shape index (κ3) is 3.09. The summed E-state index contributed by atoms with van der Waals surface area (Å²) >= 11 is 0. The Morgan fingerprint density at radius 3 is 2.32 bits per heavy atom. The first kappa shape index (κ1) is 13.5. The van der Waals surface area contributed by atoms with Gasteiger partial charge in [-0.15, -0.1) is 0 Å². The van der Waals surface area contributed by atoms with E-state index in [0.717, 1.165) is 11.3 Å². The smallest absolute Gasteiger partial charge is 0.123 e. The summed E-state index contributed by atoms with van der Waals surface area (Å²) in [5.74, 6) is -0.573. The Bertz CT molecular complexity index is 540. The molecule has 0 radical (unpaired) electrons. The lowest BCUT2D eigenvalue weighted by Crippen LogP contribution is -2.30. The second-order valence-corrected chi connectivity index (χ2v) is 4.39. The van der Waals surface area contributed by atoms with Crippen LogP contribution in [0, 0.1) is 11.6 Å². The first-order valence-corrected chi connectivity index (χ1v) is 6.05. The molecule has 4 heteroatoms. The standard InChI is InChI=1S/C15H16F2N2/c1-19(14-7-5-12(16)6-8-14)15(10-18)11-3-2-4-13(17)9-11/h2-9,15H,10,18H2,1H3. The lowest BCUT2D eigenvalue weighted by atomic mass is 10.0. The molecule has 100 valence electrons. The molecule has 0 amide bonds. The van der Waals surface area contributed by atoms with E-state index in [1.165, 1.54) is 24.3 Å². The number of hydrogen-bond acceptors (Lipinski definition) is 2. The van der Waals surface area contributed by atoms with E-state index >= 15 is 0 Å². The number of benzene rings is 2. The van der Waals surface area contributed by atoms with Gasteiger partial charge in [0.1, 0.15) is 11.6 Å². The number of likely N-dealkylation sites (N-methyl/N-ethyl adjacent to an activating group) is 1. The molecule has 2 N–H and O–H groups in total. The molecular weight excluding hydrogens is 246 g/mol. The van der Waals surface area contributed by atoms with Crippen LogP contribution >= 0.6 is 0 Å². The molecule has 0 saturated carbocycles. The first-order chi connectivity index (χ1) is 9.11.